The van der Waals surface area contributed by atoms with Gasteiger partial charge in [-0.25, -0.2) is 5.01 Å². The van der Waals surface area contributed by atoms with Crippen LogP contribution in [-0.4, -0.2) is 36.7 Å². The Morgan fingerprint density at radius 2 is 2.33 bits per heavy atom. The van der Waals surface area contributed by atoms with Gasteiger partial charge in [-0.1, -0.05) is 0 Å². The Balaban J connectivity index is 3.16. The van der Waals surface area contributed by atoms with Crippen molar-refractivity contribution < 1.29 is 9.90 Å². The van der Waals surface area contributed by atoms with Crippen molar-refractivity contribution in [1.29, 1.82) is 0 Å². The van der Waals surface area contributed by atoms with E-state index in [1.54, 1.807) is 19.1 Å². The Morgan fingerprint density at radius 3 is 2.67 bits per heavy atom. The molecule has 0 aliphatic carbocycles. The molecule has 4 nitrogen and oxygen atoms in total. The molecule has 54 valence electrons. The van der Waals surface area contributed by atoms with Gasteiger partial charge in [0, 0.05) is 13.6 Å². The van der Waals surface area contributed by atoms with Gasteiger partial charge in [0.15, 0.2) is 0 Å². The summed E-state index contributed by atoms with van der Waals surface area (Å²) in [5.41, 5.74) is 2.79. The summed E-state index contributed by atoms with van der Waals surface area (Å²) in [6.07, 6.45) is 0.178. The third-order valence-electron chi connectivity index (χ3n) is 1.04. The largest absolute Gasteiger partial charge is 0.481 e. The number of carbonyl (C=O) groups is 1. The van der Waals surface area contributed by atoms with Gasteiger partial charge in [-0.05, 0) is 7.05 Å². The van der Waals surface area contributed by atoms with Crippen LogP contribution in [0.2, 0.25) is 0 Å². The van der Waals surface area contributed by atoms with E-state index < -0.39 is 5.97 Å². The summed E-state index contributed by atoms with van der Waals surface area (Å²) in [4.78, 5) is 9.97. The molecular formula is C5H12N2O2. The molecule has 9 heavy (non-hydrogen) atoms. The van der Waals surface area contributed by atoms with E-state index in [0.717, 1.165) is 0 Å². The molecule has 0 saturated carbocycles. The number of aliphatic carboxylic acids is 1. The van der Waals surface area contributed by atoms with Gasteiger partial charge in [-0.3, -0.25) is 10.2 Å². The van der Waals surface area contributed by atoms with Crippen LogP contribution in [0.5, 0.6) is 0 Å². The molecule has 0 aromatic rings. The predicted molar refractivity (Wildman–Crippen MR) is 33.9 cm³/mol. The fourth-order valence-electron chi connectivity index (χ4n) is 0.375. The molecule has 0 heterocycles. The van der Waals surface area contributed by atoms with E-state index in [1.165, 1.54) is 0 Å². The molecule has 0 spiro atoms. The van der Waals surface area contributed by atoms with Gasteiger partial charge in [0.05, 0.1) is 6.42 Å². The van der Waals surface area contributed by atoms with Crippen molar-refractivity contribution >= 4 is 5.97 Å². The van der Waals surface area contributed by atoms with Crippen LogP contribution in [0.1, 0.15) is 6.42 Å². The molecule has 0 aromatic carbocycles. The molecule has 0 radical (unpaired) electrons. The summed E-state index contributed by atoms with van der Waals surface area (Å²) in [6.45, 7) is 0.534. The summed E-state index contributed by atoms with van der Waals surface area (Å²) < 4.78 is 0. The number of carboxylic acid groups (broad SMARTS) is 1. The molecule has 0 atom stereocenters. The van der Waals surface area contributed by atoms with Crippen LogP contribution < -0.4 is 5.43 Å². The quantitative estimate of drug-likeness (QED) is 0.508. The molecule has 0 unspecified atom stereocenters. The molecule has 0 fully saturated rings. The van der Waals surface area contributed by atoms with Crippen LogP contribution >= 0.6 is 0 Å². The van der Waals surface area contributed by atoms with Gasteiger partial charge >= 0.3 is 5.97 Å². The van der Waals surface area contributed by atoms with E-state index in [0.29, 0.717) is 6.54 Å². The van der Waals surface area contributed by atoms with E-state index in [-0.39, 0.29) is 6.42 Å². The summed E-state index contributed by atoms with van der Waals surface area (Å²) in [6, 6.07) is 0. The van der Waals surface area contributed by atoms with E-state index in [4.69, 9.17) is 5.11 Å². The highest BCUT2D eigenvalue weighted by Gasteiger charge is 1.97. The van der Waals surface area contributed by atoms with Crippen LogP contribution in [0.25, 0.3) is 0 Å². The molecule has 2 N–H and O–H groups in total. The van der Waals surface area contributed by atoms with Crippen molar-refractivity contribution in [1.82, 2.24) is 10.4 Å². The Bertz CT molecular complexity index is 95.0. The van der Waals surface area contributed by atoms with Gasteiger partial charge in [0.25, 0.3) is 0 Å². The lowest BCUT2D eigenvalue weighted by Crippen LogP contribution is -2.32. The maximum absolute atomic E-state index is 9.97. The number of rotatable bonds is 4. The number of hydrazine groups is 1. The van der Waals surface area contributed by atoms with Crippen LogP contribution in [0.15, 0.2) is 0 Å². The van der Waals surface area contributed by atoms with Gasteiger partial charge in [-0.2, -0.15) is 0 Å². The molecule has 0 aliphatic rings. The molecular weight excluding hydrogens is 120 g/mol. The van der Waals surface area contributed by atoms with Crippen molar-refractivity contribution in [2.75, 3.05) is 20.6 Å². The zero-order valence-electron chi connectivity index (χ0n) is 5.72. The SMILES string of the molecule is CNN(C)CCC(=O)O. The second-order valence-corrected chi connectivity index (χ2v) is 1.79. The van der Waals surface area contributed by atoms with E-state index in [9.17, 15) is 4.79 Å². The standard InChI is InChI=1S/C5H12N2O2/c1-6-7(2)4-3-5(8)9/h6H,3-4H2,1-2H3,(H,8,9). The first kappa shape index (κ1) is 8.39. The van der Waals surface area contributed by atoms with Gasteiger partial charge in [0.1, 0.15) is 0 Å². The highest BCUT2D eigenvalue weighted by atomic mass is 16.4. The minimum absolute atomic E-state index is 0.178. The molecule has 0 aromatic heterocycles. The van der Waals surface area contributed by atoms with E-state index >= 15 is 0 Å². The normalized spacial score (nSPS) is 10.1. The van der Waals surface area contributed by atoms with Gasteiger partial charge < -0.3 is 5.11 Å². The summed E-state index contributed by atoms with van der Waals surface area (Å²) in [5.74, 6) is -0.767. The zero-order valence-corrected chi connectivity index (χ0v) is 5.72. The smallest absolute Gasteiger partial charge is 0.304 e. The average Bonchev–Trinajstić information content (AvgIpc) is 1.83. The summed E-state index contributed by atoms with van der Waals surface area (Å²) >= 11 is 0. The number of nitrogens with zero attached hydrogens (tertiary/aromatic N) is 1. The van der Waals surface area contributed by atoms with Gasteiger partial charge in [-0.15, -0.1) is 0 Å². The first-order valence-corrected chi connectivity index (χ1v) is 2.77. The molecule has 0 amide bonds. The van der Waals surface area contributed by atoms with E-state index in [2.05, 4.69) is 5.43 Å². The minimum atomic E-state index is -0.767. The van der Waals surface area contributed by atoms with Crippen molar-refractivity contribution in [2.45, 2.75) is 6.42 Å². The van der Waals surface area contributed by atoms with Crippen molar-refractivity contribution in [3.05, 3.63) is 0 Å². The van der Waals surface area contributed by atoms with Crippen molar-refractivity contribution in [3.63, 3.8) is 0 Å². The van der Waals surface area contributed by atoms with Crippen molar-refractivity contribution in [3.8, 4) is 0 Å². The van der Waals surface area contributed by atoms with Crippen LogP contribution in [0, 0.1) is 0 Å². The average molecular weight is 132 g/mol. The number of hydrogen-bond acceptors (Lipinski definition) is 3. The van der Waals surface area contributed by atoms with Gasteiger partial charge in [0.2, 0.25) is 0 Å². The van der Waals surface area contributed by atoms with Crippen molar-refractivity contribution in [2.24, 2.45) is 0 Å². The predicted octanol–water partition coefficient (Wildman–Crippen LogP) is -0.473. The Hall–Kier alpha value is -0.610. The Kier molecular flexibility index (Phi) is 4.00. The molecule has 0 rings (SSSR count). The fourth-order valence-corrected chi connectivity index (χ4v) is 0.375. The lowest BCUT2D eigenvalue weighted by atomic mass is 10.4. The Labute approximate surface area is 54.4 Å². The molecule has 4 heteroatoms. The maximum atomic E-state index is 9.97. The van der Waals surface area contributed by atoms with Crippen LogP contribution in [-0.2, 0) is 4.79 Å². The zero-order chi connectivity index (χ0) is 7.28. The highest BCUT2D eigenvalue weighted by molar-refractivity contribution is 5.66. The third kappa shape index (κ3) is 5.26. The first-order chi connectivity index (χ1) is 4.16. The lowest BCUT2D eigenvalue weighted by molar-refractivity contribution is -0.137. The summed E-state index contributed by atoms with van der Waals surface area (Å²) in [5, 5.41) is 9.92. The second-order valence-electron chi connectivity index (χ2n) is 1.79. The Morgan fingerprint density at radius 1 is 1.78 bits per heavy atom. The monoisotopic (exact) mass is 132 g/mol. The van der Waals surface area contributed by atoms with Crippen LogP contribution in [0.4, 0.5) is 0 Å². The third-order valence-corrected chi connectivity index (χ3v) is 1.04. The van der Waals surface area contributed by atoms with Crippen LogP contribution in [0.3, 0.4) is 0 Å². The highest BCUT2D eigenvalue weighted by Crippen LogP contribution is 1.80. The fraction of sp³-hybridized carbons (Fsp3) is 0.800. The maximum Gasteiger partial charge on any atom is 0.304 e. The molecule has 0 aliphatic heterocycles. The number of hydrogen-bond donors (Lipinski definition) is 2. The number of carboxylic acids is 1. The molecule has 0 bridgehead atoms. The topological polar surface area (TPSA) is 52.6 Å². The summed E-state index contributed by atoms with van der Waals surface area (Å²) in [7, 11) is 3.55. The lowest BCUT2D eigenvalue weighted by Gasteiger charge is -2.11. The minimum Gasteiger partial charge on any atom is -0.481 e. The van der Waals surface area contributed by atoms with E-state index in [1.807, 2.05) is 0 Å². The number of nitrogens with one attached hydrogen (secondary N) is 1. The molecule has 0 saturated heterocycles. The second kappa shape index (κ2) is 4.29. The first-order valence-electron chi connectivity index (χ1n) is 2.77.